The van der Waals surface area contributed by atoms with E-state index < -0.39 is 0 Å². The SMILES string of the molecule is CN(C)CC(C)(C)CNC(=O)C1CCN(C(=O)Cc2cn(C)c3ccccc23)CC1. The second kappa shape index (κ2) is 9.21. The molecular formula is C24H36N4O2. The minimum absolute atomic E-state index is 0.00163. The number of hydrogen-bond acceptors (Lipinski definition) is 3. The number of likely N-dealkylation sites (tertiary alicyclic amines) is 1. The summed E-state index contributed by atoms with van der Waals surface area (Å²) in [6.07, 6.45) is 3.94. The topological polar surface area (TPSA) is 57.6 Å². The largest absolute Gasteiger partial charge is 0.355 e. The van der Waals surface area contributed by atoms with Gasteiger partial charge in [-0.3, -0.25) is 9.59 Å². The van der Waals surface area contributed by atoms with Crippen molar-refractivity contribution >= 4 is 22.7 Å². The molecule has 0 spiro atoms. The fourth-order valence-electron chi connectivity index (χ4n) is 4.61. The molecule has 1 aliphatic heterocycles. The van der Waals surface area contributed by atoms with Crippen molar-refractivity contribution in [3.05, 3.63) is 36.0 Å². The van der Waals surface area contributed by atoms with Crippen LogP contribution in [0.2, 0.25) is 0 Å². The Hall–Kier alpha value is -2.34. The van der Waals surface area contributed by atoms with Crippen molar-refractivity contribution in [1.29, 1.82) is 0 Å². The van der Waals surface area contributed by atoms with Crippen LogP contribution in [0.3, 0.4) is 0 Å². The number of nitrogens with zero attached hydrogens (tertiary/aromatic N) is 3. The molecule has 0 atom stereocenters. The van der Waals surface area contributed by atoms with Gasteiger partial charge in [-0.05, 0) is 44.0 Å². The van der Waals surface area contributed by atoms with Crippen LogP contribution in [0.1, 0.15) is 32.3 Å². The van der Waals surface area contributed by atoms with Crippen LogP contribution in [0, 0.1) is 11.3 Å². The Balaban J connectivity index is 1.50. The van der Waals surface area contributed by atoms with Crippen LogP contribution in [0.25, 0.3) is 10.9 Å². The second-order valence-electron chi connectivity index (χ2n) is 9.73. The highest BCUT2D eigenvalue weighted by atomic mass is 16.2. The van der Waals surface area contributed by atoms with E-state index in [-0.39, 0.29) is 23.1 Å². The first kappa shape index (κ1) is 22.3. The summed E-state index contributed by atoms with van der Waals surface area (Å²) in [6.45, 7) is 7.24. The standard InChI is InChI=1S/C24H36N4O2/c1-24(2,17-26(3)4)16-25-23(30)18-10-12-28(13-11-18)22(29)14-19-15-27(5)21-9-7-6-8-20(19)21/h6-9,15,18H,10-14,16-17H2,1-5H3,(H,25,30). The number of carbonyl (C=O) groups is 2. The molecule has 164 valence electrons. The highest BCUT2D eigenvalue weighted by Gasteiger charge is 2.29. The molecule has 1 aliphatic rings. The van der Waals surface area contributed by atoms with Crippen molar-refractivity contribution < 1.29 is 9.59 Å². The maximum absolute atomic E-state index is 12.9. The lowest BCUT2D eigenvalue weighted by Crippen LogP contribution is -2.46. The number of benzene rings is 1. The highest BCUT2D eigenvalue weighted by molar-refractivity contribution is 5.89. The number of rotatable bonds is 7. The third-order valence-electron chi connectivity index (χ3n) is 6.03. The number of aromatic nitrogens is 1. The Morgan fingerprint density at radius 1 is 1.17 bits per heavy atom. The van der Waals surface area contributed by atoms with E-state index in [0.717, 1.165) is 35.9 Å². The fourth-order valence-corrected chi connectivity index (χ4v) is 4.61. The zero-order chi connectivity index (χ0) is 21.9. The Morgan fingerprint density at radius 2 is 1.83 bits per heavy atom. The first-order valence-corrected chi connectivity index (χ1v) is 10.9. The van der Waals surface area contributed by atoms with E-state index in [1.807, 2.05) is 24.1 Å². The molecule has 3 rings (SSSR count). The number of piperidine rings is 1. The van der Waals surface area contributed by atoms with Crippen LogP contribution < -0.4 is 5.32 Å². The third kappa shape index (κ3) is 5.42. The van der Waals surface area contributed by atoms with Crippen molar-refractivity contribution in [3.63, 3.8) is 0 Å². The van der Waals surface area contributed by atoms with E-state index in [4.69, 9.17) is 0 Å². The quantitative estimate of drug-likeness (QED) is 0.761. The van der Waals surface area contributed by atoms with Gasteiger partial charge in [-0.2, -0.15) is 0 Å². The maximum Gasteiger partial charge on any atom is 0.227 e. The monoisotopic (exact) mass is 412 g/mol. The molecule has 1 N–H and O–H groups in total. The molecule has 2 aromatic rings. The first-order chi connectivity index (χ1) is 14.2. The molecule has 0 bridgehead atoms. The van der Waals surface area contributed by atoms with Crippen LogP contribution in [-0.4, -0.2) is 66.5 Å². The molecule has 30 heavy (non-hydrogen) atoms. The predicted octanol–water partition coefficient (Wildman–Crippen LogP) is 2.66. The Morgan fingerprint density at radius 3 is 2.50 bits per heavy atom. The van der Waals surface area contributed by atoms with Gasteiger partial charge in [-0.25, -0.2) is 0 Å². The fraction of sp³-hybridized carbons (Fsp3) is 0.583. The van der Waals surface area contributed by atoms with Gasteiger partial charge in [0.15, 0.2) is 0 Å². The Bertz CT molecular complexity index is 892. The zero-order valence-electron chi connectivity index (χ0n) is 19.1. The minimum Gasteiger partial charge on any atom is -0.355 e. The van der Waals surface area contributed by atoms with Gasteiger partial charge in [0.25, 0.3) is 0 Å². The summed E-state index contributed by atoms with van der Waals surface area (Å²) in [7, 11) is 6.11. The highest BCUT2D eigenvalue weighted by Crippen LogP contribution is 2.23. The van der Waals surface area contributed by atoms with Gasteiger partial charge in [0, 0.05) is 56.2 Å². The summed E-state index contributed by atoms with van der Waals surface area (Å²) >= 11 is 0. The van der Waals surface area contributed by atoms with Crippen molar-refractivity contribution in [3.8, 4) is 0 Å². The molecule has 0 radical (unpaired) electrons. The summed E-state index contributed by atoms with van der Waals surface area (Å²) in [6, 6.07) is 8.19. The van der Waals surface area contributed by atoms with Crippen molar-refractivity contribution in [1.82, 2.24) is 19.7 Å². The van der Waals surface area contributed by atoms with Gasteiger partial charge < -0.3 is 19.7 Å². The summed E-state index contributed by atoms with van der Waals surface area (Å²) in [5.41, 5.74) is 2.25. The average molecular weight is 413 g/mol. The van der Waals surface area contributed by atoms with Crippen molar-refractivity contribution in [2.45, 2.75) is 33.1 Å². The molecule has 2 heterocycles. The molecule has 1 aromatic carbocycles. The van der Waals surface area contributed by atoms with Crippen LogP contribution in [0.5, 0.6) is 0 Å². The smallest absolute Gasteiger partial charge is 0.227 e. The van der Waals surface area contributed by atoms with Gasteiger partial charge in [-0.15, -0.1) is 0 Å². The number of nitrogens with one attached hydrogen (secondary N) is 1. The summed E-state index contributed by atoms with van der Waals surface area (Å²) in [5.74, 6) is 0.280. The molecule has 0 unspecified atom stereocenters. The lowest BCUT2D eigenvalue weighted by Gasteiger charge is -2.33. The van der Waals surface area contributed by atoms with Crippen molar-refractivity contribution in [2.24, 2.45) is 18.4 Å². The van der Waals surface area contributed by atoms with Gasteiger partial charge in [-0.1, -0.05) is 32.0 Å². The van der Waals surface area contributed by atoms with Gasteiger partial charge in [0.2, 0.25) is 11.8 Å². The maximum atomic E-state index is 12.9. The number of amides is 2. The van der Waals surface area contributed by atoms with Crippen LogP contribution in [0.4, 0.5) is 0 Å². The van der Waals surface area contributed by atoms with Gasteiger partial charge >= 0.3 is 0 Å². The normalized spacial score (nSPS) is 15.7. The molecule has 1 fully saturated rings. The van der Waals surface area contributed by atoms with Crippen LogP contribution >= 0.6 is 0 Å². The average Bonchev–Trinajstić information content (AvgIpc) is 3.01. The third-order valence-corrected chi connectivity index (χ3v) is 6.03. The minimum atomic E-state index is 0.00163. The van der Waals surface area contributed by atoms with E-state index in [9.17, 15) is 9.59 Å². The number of para-hydroxylation sites is 1. The summed E-state index contributed by atoms with van der Waals surface area (Å²) in [5, 5.41) is 4.27. The Kier molecular flexibility index (Phi) is 6.86. The van der Waals surface area contributed by atoms with E-state index >= 15 is 0 Å². The van der Waals surface area contributed by atoms with Gasteiger partial charge in [0.05, 0.1) is 6.42 Å². The second-order valence-corrected chi connectivity index (χ2v) is 9.73. The van der Waals surface area contributed by atoms with E-state index in [2.05, 4.69) is 61.1 Å². The van der Waals surface area contributed by atoms with E-state index in [0.29, 0.717) is 26.1 Å². The molecule has 0 saturated carbocycles. The molecule has 1 aromatic heterocycles. The summed E-state index contributed by atoms with van der Waals surface area (Å²) < 4.78 is 2.08. The van der Waals surface area contributed by atoms with Crippen LogP contribution in [-0.2, 0) is 23.1 Å². The summed E-state index contributed by atoms with van der Waals surface area (Å²) in [4.78, 5) is 29.5. The molecule has 0 aliphatic carbocycles. The predicted molar refractivity (Wildman–Crippen MR) is 121 cm³/mol. The lowest BCUT2D eigenvalue weighted by atomic mass is 9.91. The zero-order valence-corrected chi connectivity index (χ0v) is 19.1. The Labute approximate surface area is 180 Å². The van der Waals surface area contributed by atoms with E-state index in [1.54, 1.807) is 0 Å². The molecule has 2 amide bonds. The number of carbonyl (C=O) groups excluding carboxylic acids is 2. The van der Waals surface area contributed by atoms with Crippen LogP contribution in [0.15, 0.2) is 30.5 Å². The number of hydrogen-bond donors (Lipinski definition) is 1. The first-order valence-electron chi connectivity index (χ1n) is 10.9. The van der Waals surface area contributed by atoms with E-state index in [1.165, 1.54) is 0 Å². The molecular weight excluding hydrogens is 376 g/mol. The lowest BCUT2D eigenvalue weighted by molar-refractivity contribution is -0.135. The molecule has 6 heteroatoms. The van der Waals surface area contributed by atoms with Crippen molar-refractivity contribution in [2.75, 3.05) is 40.3 Å². The number of aryl methyl sites for hydroxylation is 1. The molecule has 1 saturated heterocycles. The molecule has 6 nitrogen and oxygen atoms in total. The number of fused-ring (bicyclic) bond motifs is 1. The van der Waals surface area contributed by atoms with Gasteiger partial charge in [0.1, 0.15) is 0 Å².